The second-order valence-electron chi connectivity index (χ2n) is 3.88. The first-order chi connectivity index (χ1) is 7.40. The van der Waals surface area contributed by atoms with Gasteiger partial charge in [-0.2, -0.15) is 0 Å². The van der Waals surface area contributed by atoms with Crippen molar-refractivity contribution in [1.82, 2.24) is 9.55 Å². The van der Waals surface area contributed by atoms with Gasteiger partial charge in [0.2, 0.25) is 0 Å². The first-order valence-corrected chi connectivity index (χ1v) is 6.73. The van der Waals surface area contributed by atoms with Crippen molar-refractivity contribution in [2.45, 2.75) is 38.1 Å². The van der Waals surface area contributed by atoms with Gasteiger partial charge in [-0.1, -0.05) is 31.0 Å². The van der Waals surface area contributed by atoms with E-state index in [9.17, 15) is 0 Å². The molecule has 1 aliphatic rings. The summed E-state index contributed by atoms with van der Waals surface area (Å²) in [5.74, 6) is 0. The Labute approximate surface area is 95.0 Å². The minimum absolute atomic E-state index is 0.531. The van der Waals surface area contributed by atoms with Gasteiger partial charge in [0.25, 0.3) is 0 Å². The molecule has 1 aromatic rings. The molecule has 0 saturated heterocycles. The molecule has 1 heterocycles. The molecular formula is C11H17N3S. The number of aliphatic imine (C=N–C) groups is 1. The van der Waals surface area contributed by atoms with Crippen LogP contribution in [0.5, 0.6) is 0 Å². The highest BCUT2D eigenvalue weighted by Crippen LogP contribution is 2.21. The van der Waals surface area contributed by atoms with Crippen molar-refractivity contribution >= 4 is 16.9 Å². The van der Waals surface area contributed by atoms with Crippen molar-refractivity contribution in [1.29, 1.82) is 0 Å². The highest BCUT2D eigenvalue weighted by molar-refractivity contribution is 8.13. The van der Waals surface area contributed by atoms with E-state index < -0.39 is 0 Å². The Morgan fingerprint density at radius 1 is 1.40 bits per heavy atom. The van der Waals surface area contributed by atoms with E-state index >= 15 is 0 Å². The van der Waals surface area contributed by atoms with Crippen LogP contribution in [0.15, 0.2) is 23.7 Å². The average molecular weight is 223 g/mol. The minimum Gasteiger partial charge on any atom is -0.285 e. The maximum Gasteiger partial charge on any atom is 0.168 e. The zero-order valence-corrected chi connectivity index (χ0v) is 9.91. The molecule has 0 N–H and O–H groups in total. The normalized spacial score (nSPS) is 19.4. The highest BCUT2D eigenvalue weighted by Gasteiger charge is 2.13. The van der Waals surface area contributed by atoms with Crippen LogP contribution in [0.2, 0.25) is 0 Å². The monoisotopic (exact) mass is 223 g/mol. The summed E-state index contributed by atoms with van der Waals surface area (Å²) in [4.78, 5) is 8.85. The van der Waals surface area contributed by atoms with E-state index in [1.807, 2.05) is 17.1 Å². The van der Waals surface area contributed by atoms with E-state index in [0.717, 1.165) is 5.17 Å². The fourth-order valence-electron chi connectivity index (χ4n) is 1.96. The quantitative estimate of drug-likeness (QED) is 0.541. The second kappa shape index (κ2) is 5.35. The van der Waals surface area contributed by atoms with Crippen molar-refractivity contribution < 1.29 is 0 Å². The molecule has 0 unspecified atom stereocenters. The van der Waals surface area contributed by atoms with Crippen LogP contribution in [-0.4, -0.2) is 27.0 Å². The Hall–Kier alpha value is -0.770. The summed E-state index contributed by atoms with van der Waals surface area (Å²) in [6, 6.07) is 0.531. The highest BCUT2D eigenvalue weighted by atomic mass is 32.2. The number of hydrogen-bond donors (Lipinski definition) is 0. The van der Waals surface area contributed by atoms with Gasteiger partial charge in [-0.3, -0.25) is 9.56 Å². The van der Waals surface area contributed by atoms with E-state index in [4.69, 9.17) is 4.99 Å². The molecule has 1 aliphatic carbocycles. The van der Waals surface area contributed by atoms with E-state index in [1.165, 1.54) is 32.1 Å². The third-order valence-corrected chi connectivity index (χ3v) is 3.46. The molecule has 3 nitrogen and oxygen atoms in total. The molecule has 4 heteroatoms. The molecule has 82 valence electrons. The van der Waals surface area contributed by atoms with Crippen molar-refractivity contribution in [3.05, 3.63) is 18.7 Å². The number of thioether (sulfide) groups is 1. The maximum atomic E-state index is 4.80. The van der Waals surface area contributed by atoms with Gasteiger partial charge in [-0.15, -0.1) is 0 Å². The van der Waals surface area contributed by atoms with Crippen molar-refractivity contribution in [2.24, 2.45) is 4.99 Å². The van der Waals surface area contributed by atoms with Gasteiger partial charge < -0.3 is 0 Å². The summed E-state index contributed by atoms with van der Waals surface area (Å²) in [5.41, 5.74) is 0. The first kappa shape index (κ1) is 10.7. The lowest BCUT2D eigenvalue weighted by Crippen LogP contribution is -2.15. The number of rotatable bonds is 1. The third-order valence-electron chi connectivity index (χ3n) is 2.78. The van der Waals surface area contributed by atoms with Gasteiger partial charge in [0.1, 0.15) is 6.33 Å². The molecule has 1 aromatic heterocycles. The van der Waals surface area contributed by atoms with Crippen LogP contribution < -0.4 is 0 Å². The van der Waals surface area contributed by atoms with Crippen LogP contribution in [0.25, 0.3) is 0 Å². The van der Waals surface area contributed by atoms with Crippen LogP contribution >= 0.6 is 11.8 Å². The first-order valence-electron chi connectivity index (χ1n) is 5.50. The number of aromatic nitrogens is 2. The standard InChI is InChI=1S/C11H17N3S/c1-15-11(14-8-7-12-9-14)13-10-5-3-2-4-6-10/h7-10H,2-6H2,1H3/b13-11-. The lowest BCUT2D eigenvalue weighted by molar-refractivity contribution is 0.443. The van der Waals surface area contributed by atoms with E-state index in [0.29, 0.717) is 6.04 Å². The Bertz CT molecular complexity index is 313. The van der Waals surface area contributed by atoms with Crippen LogP contribution in [0.3, 0.4) is 0 Å². The summed E-state index contributed by atoms with van der Waals surface area (Å²) in [6.45, 7) is 0. The summed E-state index contributed by atoms with van der Waals surface area (Å²) < 4.78 is 2.00. The predicted octanol–water partition coefficient (Wildman–Crippen LogP) is 2.78. The van der Waals surface area contributed by atoms with Crippen LogP contribution in [0.1, 0.15) is 32.1 Å². The molecule has 2 rings (SSSR count). The van der Waals surface area contributed by atoms with Gasteiger partial charge in [0.15, 0.2) is 5.17 Å². The molecule has 0 radical (unpaired) electrons. The minimum atomic E-state index is 0.531. The van der Waals surface area contributed by atoms with Crippen molar-refractivity contribution in [3.8, 4) is 0 Å². The smallest absolute Gasteiger partial charge is 0.168 e. The Morgan fingerprint density at radius 3 is 2.80 bits per heavy atom. The van der Waals surface area contributed by atoms with E-state index in [1.54, 1.807) is 18.0 Å². The molecular weight excluding hydrogens is 206 g/mol. The molecule has 0 bridgehead atoms. The Kier molecular flexibility index (Phi) is 3.83. The molecule has 0 amide bonds. The topological polar surface area (TPSA) is 30.2 Å². The number of imidazole rings is 1. The van der Waals surface area contributed by atoms with Crippen LogP contribution in [0.4, 0.5) is 0 Å². The molecule has 0 atom stereocenters. The summed E-state index contributed by atoms with van der Waals surface area (Å²) in [7, 11) is 0. The van der Waals surface area contributed by atoms with Crippen LogP contribution in [0, 0.1) is 0 Å². The van der Waals surface area contributed by atoms with Gasteiger partial charge >= 0.3 is 0 Å². The Morgan fingerprint density at radius 2 is 2.20 bits per heavy atom. The second-order valence-corrected chi connectivity index (χ2v) is 4.65. The largest absolute Gasteiger partial charge is 0.285 e. The zero-order valence-electron chi connectivity index (χ0n) is 9.09. The van der Waals surface area contributed by atoms with E-state index in [2.05, 4.69) is 11.2 Å². The maximum absolute atomic E-state index is 4.80. The number of hydrogen-bond acceptors (Lipinski definition) is 3. The molecule has 0 aromatic carbocycles. The van der Waals surface area contributed by atoms with Gasteiger partial charge in [-0.05, 0) is 19.1 Å². The fourth-order valence-corrected chi connectivity index (χ4v) is 2.54. The molecule has 0 aliphatic heterocycles. The molecule has 0 spiro atoms. The molecule has 1 saturated carbocycles. The lowest BCUT2D eigenvalue weighted by Gasteiger charge is -2.18. The van der Waals surface area contributed by atoms with E-state index in [-0.39, 0.29) is 0 Å². The average Bonchev–Trinajstić information content (AvgIpc) is 2.81. The summed E-state index contributed by atoms with van der Waals surface area (Å²) in [6.07, 6.45) is 14.2. The van der Waals surface area contributed by atoms with Gasteiger partial charge in [0, 0.05) is 12.4 Å². The zero-order chi connectivity index (χ0) is 10.5. The SMILES string of the molecule is CS/C(=N\C1CCCCC1)n1ccnc1. The van der Waals surface area contributed by atoms with Gasteiger partial charge in [0.05, 0.1) is 6.04 Å². The fraction of sp³-hybridized carbons (Fsp3) is 0.636. The third kappa shape index (κ3) is 2.84. The summed E-state index contributed by atoms with van der Waals surface area (Å²) in [5, 5.41) is 1.07. The molecule has 15 heavy (non-hydrogen) atoms. The van der Waals surface area contributed by atoms with Gasteiger partial charge in [-0.25, -0.2) is 4.98 Å². The predicted molar refractivity (Wildman–Crippen MR) is 65.4 cm³/mol. The van der Waals surface area contributed by atoms with Crippen molar-refractivity contribution in [3.63, 3.8) is 0 Å². The Balaban J connectivity index is 2.08. The molecule has 1 fully saturated rings. The lowest BCUT2D eigenvalue weighted by atomic mass is 9.96. The van der Waals surface area contributed by atoms with Crippen molar-refractivity contribution in [2.75, 3.05) is 6.26 Å². The number of nitrogens with zero attached hydrogens (tertiary/aromatic N) is 3. The van der Waals surface area contributed by atoms with Crippen LogP contribution in [-0.2, 0) is 0 Å². The summed E-state index contributed by atoms with van der Waals surface area (Å²) >= 11 is 1.69.